The van der Waals surface area contributed by atoms with Crippen LogP contribution in [0.15, 0.2) is 30.3 Å². The van der Waals surface area contributed by atoms with E-state index in [0.717, 1.165) is 11.4 Å². The number of nitrogens with zero attached hydrogens (tertiary/aromatic N) is 2. The van der Waals surface area contributed by atoms with Gasteiger partial charge >= 0.3 is 0 Å². The van der Waals surface area contributed by atoms with Crippen molar-refractivity contribution < 1.29 is 9.53 Å². The molecular weight excluding hydrogens is 264 g/mol. The molecule has 0 atom stereocenters. The van der Waals surface area contributed by atoms with Gasteiger partial charge in [-0.2, -0.15) is 5.10 Å². The Balaban J connectivity index is 1.90. The van der Waals surface area contributed by atoms with E-state index in [4.69, 9.17) is 16.3 Å². The molecule has 4 nitrogen and oxygen atoms in total. The van der Waals surface area contributed by atoms with E-state index in [1.165, 1.54) is 0 Å². The highest BCUT2D eigenvalue weighted by atomic mass is 35.5. The van der Waals surface area contributed by atoms with E-state index in [0.29, 0.717) is 17.2 Å². The van der Waals surface area contributed by atoms with E-state index in [1.807, 2.05) is 20.0 Å². The van der Waals surface area contributed by atoms with Crippen LogP contribution in [0.5, 0.6) is 5.75 Å². The minimum Gasteiger partial charge on any atom is -0.486 e. The summed E-state index contributed by atoms with van der Waals surface area (Å²) in [7, 11) is 1.83. The van der Waals surface area contributed by atoms with Crippen molar-refractivity contribution in [1.29, 1.82) is 0 Å². The van der Waals surface area contributed by atoms with Gasteiger partial charge < -0.3 is 4.74 Å². The lowest BCUT2D eigenvalue weighted by Crippen LogP contribution is -2.15. The molecule has 0 aliphatic heterocycles. The molecule has 0 fully saturated rings. The third kappa shape index (κ3) is 3.83. The van der Waals surface area contributed by atoms with E-state index in [2.05, 4.69) is 5.10 Å². The number of benzene rings is 1. The van der Waals surface area contributed by atoms with Gasteiger partial charge in [0.15, 0.2) is 5.78 Å². The second-order valence-electron chi connectivity index (χ2n) is 4.36. The van der Waals surface area contributed by atoms with Gasteiger partial charge in [0.05, 0.1) is 12.1 Å². The summed E-state index contributed by atoms with van der Waals surface area (Å²) in [6, 6.07) is 8.90. The fourth-order valence-electron chi connectivity index (χ4n) is 1.80. The van der Waals surface area contributed by atoms with Crippen LogP contribution < -0.4 is 4.74 Å². The maximum Gasteiger partial charge on any atom is 0.176 e. The van der Waals surface area contributed by atoms with Gasteiger partial charge in [-0.15, -0.1) is 0 Å². The number of ether oxygens (including phenoxy) is 1. The number of carbonyl (C=O) groups excluding carboxylic acids is 1. The van der Waals surface area contributed by atoms with Crippen LogP contribution in [0.4, 0.5) is 0 Å². The number of rotatable bonds is 5. The van der Waals surface area contributed by atoms with Crippen molar-refractivity contribution in [3.63, 3.8) is 0 Å². The van der Waals surface area contributed by atoms with Gasteiger partial charge in [-0.3, -0.25) is 9.48 Å². The molecule has 0 bridgehead atoms. The minimum absolute atomic E-state index is 0.00276. The maximum absolute atomic E-state index is 11.8. The summed E-state index contributed by atoms with van der Waals surface area (Å²) in [5, 5.41) is 4.79. The summed E-state index contributed by atoms with van der Waals surface area (Å²) in [4.78, 5) is 11.8. The standard InChI is InChI=1S/C14H15ClN2O2/c1-10-6-12(17(2)16-10)8-13(18)9-19-14-5-3-4-11(15)7-14/h3-7H,8-9H2,1-2H3. The molecule has 1 aromatic heterocycles. The molecule has 0 radical (unpaired) electrons. The summed E-state index contributed by atoms with van der Waals surface area (Å²) in [6.07, 6.45) is 0.317. The molecule has 1 heterocycles. The van der Waals surface area contributed by atoms with Crippen LogP contribution in [-0.2, 0) is 18.3 Å². The summed E-state index contributed by atoms with van der Waals surface area (Å²) >= 11 is 5.84. The number of hydrogen-bond acceptors (Lipinski definition) is 3. The maximum atomic E-state index is 11.8. The predicted octanol–water partition coefficient (Wildman–Crippen LogP) is 2.57. The van der Waals surface area contributed by atoms with Crippen molar-refractivity contribution in [3.05, 3.63) is 46.7 Å². The van der Waals surface area contributed by atoms with Gasteiger partial charge in [-0.25, -0.2) is 0 Å². The van der Waals surface area contributed by atoms with Crippen molar-refractivity contribution in [2.45, 2.75) is 13.3 Å². The number of hydrogen-bond donors (Lipinski definition) is 0. The number of ketones is 1. The molecular formula is C14H15ClN2O2. The summed E-state index contributed by atoms with van der Waals surface area (Å²) in [5.41, 5.74) is 1.79. The van der Waals surface area contributed by atoms with Gasteiger partial charge in [-0.05, 0) is 31.2 Å². The van der Waals surface area contributed by atoms with Crippen LogP contribution in [0.1, 0.15) is 11.4 Å². The molecule has 1 aromatic carbocycles. The molecule has 0 spiro atoms. The first-order chi connectivity index (χ1) is 9.04. The largest absolute Gasteiger partial charge is 0.486 e. The van der Waals surface area contributed by atoms with Gasteiger partial charge in [0.2, 0.25) is 0 Å². The zero-order valence-corrected chi connectivity index (χ0v) is 11.6. The van der Waals surface area contributed by atoms with Gasteiger partial charge in [0.25, 0.3) is 0 Å². The number of aryl methyl sites for hydroxylation is 2. The van der Waals surface area contributed by atoms with Crippen molar-refractivity contribution in [2.24, 2.45) is 7.05 Å². The number of carbonyl (C=O) groups is 1. The lowest BCUT2D eigenvalue weighted by molar-refractivity contribution is -0.120. The first-order valence-corrected chi connectivity index (χ1v) is 6.32. The molecule has 0 saturated carbocycles. The van der Waals surface area contributed by atoms with Gasteiger partial charge in [0.1, 0.15) is 12.4 Å². The van der Waals surface area contributed by atoms with Crippen LogP contribution in [-0.4, -0.2) is 22.2 Å². The quantitative estimate of drug-likeness (QED) is 0.844. The summed E-state index contributed by atoms with van der Waals surface area (Å²) in [5.74, 6) is 0.602. The fourth-order valence-corrected chi connectivity index (χ4v) is 1.98. The normalized spacial score (nSPS) is 10.5. The van der Waals surface area contributed by atoms with E-state index in [1.54, 1.807) is 28.9 Å². The molecule has 0 aliphatic carbocycles. The number of halogens is 1. The van der Waals surface area contributed by atoms with Crippen LogP contribution in [0, 0.1) is 6.92 Å². The summed E-state index contributed by atoms with van der Waals surface area (Å²) < 4.78 is 7.12. The molecule has 0 amide bonds. The Labute approximate surface area is 116 Å². The van der Waals surface area contributed by atoms with E-state index >= 15 is 0 Å². The first-order valence-electron chi connectivity index (χ1n) is 5.94. The van der Waals surface area contributed by atoms with E-state index in [9.17, 15) is 4.79 Å². The van der Waals surface area contributed by atoms with Crippen molar-refractivity contribution >= 4 is 17.4 Å². The molecule has 0 saturated heterocycles. The molecule has 2 aromatic rings. The van der Waals surface area contributed by atoms with Crippen LogP contribution in [0.25, 0.3) is 0 Å². The van der Waals surface area contributed by atoms with Crippen LogP contribution in [0.3, 0.4) is 0 Å². The Hall–Kier alpha value is -1.81. The highest BCUT2D eigenvalue weighted by molar-refractivity contribution is 6.30. The molecule has 2 rings (SSSR count). The third-order valence-electron chi connectivity index (χ3n) is 2.67. The molecule has 19 heavy (non-hydrogen) atoms. The Bertz CT molecular complexity index is 593. The van der Waals surface area contributed by atoms with Crippen molar-refractivity contribution in [2.75, 3.05) is 6.61 Å². The molecule has 0 N–H and O–H groups in total. The molecule has 0 unspecified atom stereocenters. The fraction of sp³-hybridized carbons (Fsp3) is 0.286. The predicted molar refractivity (Wildman–Crippen MR) is 73.6 cm³/mol. The highest BCUT2D eigenvalue weighted by Gasteiger charge is 2.09. The van der Waals surface area contributed by atoms with Gasteiger partial charge in [-0.1, -0.05) is 17.7 Å². The van der Waals surface area contributed by atoms with Crippen molar-refractivity contribution in [3.8, 4) is 5.75 Å². The first kappa shape index (κ1) is 13.6. The monoisotopic (exact) mass is 278 g/mol. The van der Waals surface area contributed by atoms with Gasteiger partial charge in [0, 0.05) is 17.8 Å². The smallest absolute Gasteiger partial charge is 0.176 e. The topological polar surface area (TPSA) is 44.1 Å². The van der Waals surface area contributed by atoms with Crippen molar-refractivity contribution in [1.82, 2.24) is 9.78 Å². The SMILES string of the molecule is Cc1cc(CC(=O)COc2cccc(Cl)c2)n(C)n1. The zero-order valence-electron chi connectivity index (χ0n) is 10.9. The Morgan fingerprint density at radius 2 is 2.21 bits per heavy atom. The third-order valence-corrected chi connectivity index (χ3v) is 2.91. The van der Waals surface area contributed by atoms with E-state index < -0.39 is 0 Å². The lowest BCUT2D eigenvalue weighted by atomic mass is 10.2. The van der Waals surface area contributed by atoms with Crippen LogP contribution in [0.2, 0.25) is 5.02 Å². The Morgan fingerprint density at radius 3 is 2.84 bits per heavy atom. The molecule has 0 aliphatic rings. The highest BCUT2D eigenvalue weighted by Crippen LogP contribution is 2.17. The van der Waals surface area contributed by atoms with Crippen LogP contribution >= 0.6 is 11.6 Å². The lowest BCUT2D eigenvalue weighted by Gasteiger charge is -2.06. The van der Waals surface area contributed by atoms with E-state index in [-0.39, 0.29) is 12.4 Å². The number of Topliss-reactive ketones (excluding diaryl/α,β-unsaturated/α-hetero) is 1. The Morgan fingerprint density at radius 1 is 1.42 bits per heavy atom. The second-order valence-corrected chi connectivity index (χ2v) is 4.80. The minimum atomic E-state index is 0.00276. The average molecular weight is 279 g/mol. The molecule has 100 valence electrons. The summed E-state index contributed by atoms with van der Waals surface area (Å²) in [6.45, 7) is 1.93. The average Bonchev–Trinajstić information content (AvgIpc) is 2.65. The number of aromatic nitrogens is 2. The second kappa shape index (κ2) is 5.89. The zero-order chi connectivity index (χ0) is 13.8. The Kier molecular flexibility index (Phi) is 4.22. The molecule has 5 heteroatoms.